The average molecular weight is 298 g/mol. The fourth-order valence-electron chi connectivity index (χ4n) is 3.40. The van der Waals surface area contributed by atoms with E-state index < -0.39 is 0 Å². The third kappa shape index (κ3) is 2.14. The molecule has 0 radical (unpaired) electrons. The Balaban J connectivity index is 1.58. The van der Waals surface area contributed by atoms with Crippen molar-refractivity contribution in [3.05, 3.63) is 50.7 Å². The Morgan fingerprint density at radius 3 is 2.95 bits per heavy atom. The summed E-state index contributed by atoms with van der Waals surface area (Å²) in [7, 11) is 0. The van der Waals surface area contributed by atoms with Gasteiger partial charge in [-0.05, 0) is 54.5 Å². The van der Waals surface area contributed by atoms with Crippen molar-refractivity contribution in [2.24, 2.45) is 0 Å². The first-order valence-corrected chi connectivity index (χ1v) is 8.31. The van der Waals surface area contributed by atoms with Gasteiger partial charge in [-0.25, -0.2) is 0 Å². The van der Waals surface area contributed by atoms with Gasteiger partial charge in [-0.1, -0.05) is 12.1 Å². The fourth-order valence-corrected chi connectivity index (χ4v) is 4.62. The Labute approximate surface area is 128 Å². The van der Waals surface area contributed by atoms with E-state index >= 15 is 0 Å². The van der Waals surface area contributed by atoms with E-state index in [1.807, 2.05) is 17.0 Å². The maximum Gasteiger partial charge on any atom is 0.264 e. The van der Waals surface area contributed by atoms with Crippen molar-refractivity contribution < 1.29 is 4.79 Å². The molecule has 1 aliphatic heterocycles. The zero-order valence-electron chi connectivity index (χ0n) is 11.9. The summed E-state index contributed by atoms with van der Waals surface area (Å²) in [6.45, 7) is 1.45. The number of hydrogen-bond donors (Lipinski definition) is 1. The molecule has 2 aromatic rings. The summed E-state index contributed by atoms with van der Waals surface area (Å²) >= 11 is 1.69. The Morgan fingerprint density at radius 1 is 1.19 bits per heavy atom. The van der Waals surface area contributed by atoms with Crippen LogP contribution >= 0.6 is 11.3 Å². The number of anilines is 1. The molecule has 2 N–H and O–H groups in total. The second-order valence-corrected chi connectivity index (χ2v) is 7.01. The van der Waals surface area contributed by atoms with Gasteiger partial charge in [0.2, 0.25) is 0 Å². The smallest absolute Gasteiger partial charge is 0.264 e. The van der Waals surface area contributed by atoms with Crippen LogP contribution in [-0.4, -0.2) is 17.4 Å². The van der Waals surface area contributed by atoms with Gasteiger partial charge in [0, 0.05) is 23.7 Å². The number of carbonyl (C=O) groups excluding carboxylic acids is 1. The number of rotatable bonds is 1. The molecule has 4 heteroatoms. The van der Waals surface area contributed by atoms with Gasteiger partial charge in [0.15, 0.2) is 0 Å². The third-order valence-electron chi connectivity index (χ3n) is 4.55. The minimum atomic E-state index is 0.183. The average Bonchev–Trinajstić information content (AvgIpc) is 3.07. The number of thiophene rings is 1. The third-order valence-corrected chi connectivity index (χ3v) is 5.77. The van der Waals surface area contributed by atoms with Gasteiger partial charge in [0.05, 0.1) is 4.88 Å². The van der Waals surface area contributed by atoms with Gasteiger partial charge in [-0.2, -0.15) is 0 Å². The molecule has 2 heterocycles. The van der Waals surface area contributed by atoms with E-state index in [1.54, 1.807) is 11.3 Å². The van der Waals surface area contributed by atoms with Crippen LogP contribution in [0.1, 0.15) is 37.7 Å². The van der Waals surface area contributed by atoms with E-state index in [1.165, 1.54) is 28.0 Å². The predicted molar refractivity (Wildman–Crippen MR) is 85.6 cm³/mol. The molecule has 0 unspecified atom stereocenters. The van der Waals surface area contributed by atoms with Crippen LogP contribution in [0.2, 0.25) is 0 Å². The highest BCUT2D eigenvalue weighted by Gasteiger charge is 2.25. The summed E-state index contributed by atoms with van der Waals surface area (Å²) in [4.78, 5) is 17.0. The van der Waals surface area contributed by atoms with Crippen LogP contribution in [0.5, 0.6) is 0 Å². The van der Waals surface area contributed by atoms with Crippen LogP contribution in [-0.2, 0) is 25.8 Å². The van der Waals surface area contributed by atoms with Crippen molar-refractivity contribution in [2.75, 3.05) is 12.3 Å². The lowest BCUT2D eigenvalue weighted by atomic mass is 9.98. The maximum atomic E-state index is 12.7. The summed E-state index contributed by atoms with van der Waals surface area (Å²) in [6, 6.07) is 8.12. The molecule has 0 spiro atoms. The first-order valence-electron chi connectivity index (χ1n) is 7.49. The highest BCUT2D eigenvalue weighted by Crippen LogP contribution is 2.32. The van der Waals surface area contributed by atoms with Crippen molar-refractivity contribution in [3.63, 3.8) is 0 Å². The largest absolute Gasteiger partial charge is 0.398 e. The van der Waals surface area contributed by atoms with Crippen molar-refractivity contribution in [2.45, 2.75) is 32.2 Å². The maximum absolute atomic E-state index is 12.7. The molecule has 4 rings (SSSR count). The van der Waals surface area contributed by atoms with Gasteiger partial charge >= 0.3 is 0 Å². The molecule has 0 saturated carbocycles. The van der Waals surface area contributed by atoms with Gasteiger partial charge in [-0.3, -0.25) is 4.79 Å². The molecule has 0 bridgehead atoms. The molecule has 1 aromatic carbocycles. The molecule has 1 amide bonds. The normalized spacial score (nSPS) is 16.7. The van der Waals surface area contributed by atoms with Gasteiger partial charge < -0.3 is 10.6 Å². The molecular formula is C17H18N2OS. The zero-order valence-corrected chi connectivity index (χ0v) is 12.7. The van der Waals surface area contributed by atoms with Crippen molar-refractivity contribution in [1.29, 1.82) is 0 Å². The summed E-state index contributed by atoms with van der Waals surface area (Å²) < 4.78 is 0. The summed E-state index contributed by atoms with van der Waals surface area (Å²) in [5, 5.41) is 0. The number of fused-ring (bicyclic) bond motifs is 2. The number of nitrogens with zero attached hydrogens (tertiary/aromatic N) is 1. The topological polar surface area (TPSA) is 46.3 Å². The predicted octanol–water partition coefficient (Wildman–Crippen LogP) is 3.02. The Kier molecular flexibility index (Phi) is 3.00. The number of carbonyl (C=O) groups is 1. The number of benzene rings is 1. The highest BCUT2D eigenvalue weighted by molar-refractivity contribution is 7.14. The highest BCUT2D eigenvalue weighted by atomic mass is 32.1. The standard InChI is InChI=1S/C17H18N2OS/c18-14-5-1-4-12-10-19(8-7-13(12)14)17(20)16-9-11-3-2-6-15(11)21-16/h1,4-5,9H,2-3,6-8,10,18H2. The van der Waals surface area contributed by atoms with E-state index in [0.29, 0.717) is 6.54 Å². The summed E-state index contributed by atoms with van der Waals surface area (Å²) in [6.07, 6.45) is 4.38. The lowest BCUT2D eigenvalue weighted by Gasteiger charge is -2.29. The van der Waals surface area contributed by atoms with Crippen LogP contribution in [0.3, 0.4) is 0 Å². The molecule has 0 atom stereocenters. The van der Waals surface area contributed by atoms with E-state index in [2.05, 4.69) is 12.1 Å². The number of nitrogens with two attached hydrogens (primary N) is 1. The van der Waals surface area contributed by atoms with Crippen LogP contribution in [0, 0.1) is 0 Å². The van der Waals surface area contributed by atoms with Gasteiger partial charge in [0.25, 0.3) is 5.91 Å². The van der Waals surface area contributed by atoms with Gasteiger partial charge in [0.1, 0.15) is 0 Å². The van der Waals surface area contributed by atoms with E-state index in [9.17, 15) is 4.79 Å². The Hall–Kier alpha value is -1.81. The number of nitrogen functional groups attached to an aromatic ring is 1. The van der Waals surface area contributed by atoms with Crippen LogP contribution < -0.4 is 5.73 Å². The number of hydrogen-bond acceptors (Lipinski definition) is 3. The second kappa shape index (κ2) is 4.88. The van der Waals surface area contributed by atoms with E-state index in [-0.39, 0.29) is 5.91 Å². The van der Waals surface area contributed by atoms with Crippen LogP contribution in [0.25, 0.3) is 0 Å². The summed E-state index contributed by atoms with van der Waals surface area (Å²) in [5.74, 6) is 0.183. The van der Waals surface area contributed by atoms with E-state index in [0.717, 1.165) is 36.4 Å². The first kappa shape index (κ1) is 12.9. The van der Waals surface area contributed by atoms with Gasteiger partial charge in [-0.15, -0.1) is 11.3 Å². The molecule has 0 saturated heterocycles. The fraction of sp³-hybridized carbons (Fsp3) is 0.353. The molecule has 1 aromatic heterocycles. The van der Waals surface area contributed by atoms with Crippen LogP contribution in [0.15, 0.2) is 24.3 Å². The number of amides is 1. The monoisotopic (exact) mass is 298 g/mol. The lowest BCUT2D eigenvalue weighted by molar-refractivity contribution is 0.0739. The number of aryl methyl sites for hydroxylation is 2. The molecule has 21 heavy (non-hydrogen) atoms. The van der Waals surface area contributed by atoms with Crippen molar-refractivity contribution in [3.8, 4) is 0 Å². The molecule has 1 aliphatic carbocycles. The summed E-state index contributed by atoms with van der Waals surface area (Å²) in [5.41, 5.74) is 10.7. The second-order valence-electron chi connectivity index (χ2n) is 5.87. The molecule has 2 aliphatic rings. The van der Waals surface area contributed by atoms with Crippen LogP contribution in [0.4, 0.5) is 5.69 Å². The molecule has 3 nitrogen and oxygen atoms in total. The Morgan fingerprint density at radius 2 is 2.10 bits per heavy atom. The lowest BCUT2D eigenvalue weighted by Crippen LogP contribution is -2.35. The quantitative estimate of drug-likeness (QED) is 0.823. The first-order chi connectivity index (χ1) is 10.2. The molecular weight excluding hydrogens is 280 g/mol. The zero-order chi connectivity index (χ0) is 14.4. The minimum absolute atomic E-state index is 0.183. The minimum Gasteiger partial charge on any atom is -0.398 e. The van der Waals surface area contributed by atoms with E-state index in [4.69, 9.17) is 5.73 Å². The molecule has 0 fully saturated rings. The Bertz CT molecular complexity index is 698. The van der Waals surface area contributed by atoms with Crippen molar-refractivity contribution >= 4 is 22.9 Å². The SMILES string of the molecule is Nc1cccc2c1CCN(C(=O)c1cc3c(s1)CCC3)C2. The van der Waals surface area contributed by atoms with Crippen molar-refractivity contribution in [1.82, 2.24) is 4.90 Å². The molecule has 108 valence electrons.